The summed E-state index contributed by atoms with van der Waals surface area (Å²) in [5.74, 6) is -0.999. The fourth-order valence-electron chi connectivity index (χ4n) is 0.924. The van der Waals surface area contributed by atoms with Crippen molar-refractivity contribution in [1.29, 1.82) is 0 Å². The van der Waals surface area contributed by atoms with E-state index in [4.69, 9.17) is 5.11 Å². The van der Waals surface area contributed by atoms with Crippen molar-refractivity contribution in [2.45, 2.75) is 6.17 Å². The number of benzene rings is 1. The SMILES string of the molecule is O=C(O)c1ccc(C(F)CBr)cc1. The number of hydrogen-bond acceptors (Lipinski definition) is 1. The van der Waals surface area contributed by atoms with Gasteiger partial charge in [-0.15, -0.1) is 0 Å². The molecule has 0 aliphatic carbocycles. The van der Waals surface area contributed by atoms with E-state index < -0.39 is 12.1 Å². The molecule has 0 amide bonds. The minimum absolute atomic E-state index is 0.172. The maximum atomic E-state index is 13.0. The smallest absolute Gasteiger partial charge is 0.335 e. The van der Waals surface area contributed by atoms with Gasteiger partial charge in [-0.1, -0.05) is 28.1 Å². The molecule has 0 spiro atoms. The molecule has 0 radical (unpaired) electrons. The predicted octanol–water partition coefficient (Wildman–Crippen LogP) is 2.79. The van der Waals surface area contributed by atoms with E-state index in [9.17, 15) is 9.18 Å². The molecule has 0 saturated carbocycles. The summed E-state index contributed by atoms with van der Waals surface area (Å²) in [5, 5.41) is 8.79. The van der Waals surface area contributed by atoms with Crippen molar-refractivity contribution in [2.75, 3.05) is 5.33 Å². The van der Waals surface area contributed by atoms with Gasteiger partial charge in [0, 0.05) is 5.33 Å². The Morgan fingerprint density at radius 1 is 1.46 bits per heavy atom. The average molecular weight is 247 g/mol. The van der Waals surface area contributed by atoms with Crippen molar-refractivity contribution in [3.8, 4) is 0 Å². The highest BCUT2D eigenvalue weighted by molar-refractivity contribution is 9.09. The number of hydrogen-bond donors (Lipinski definition) is 1. The molecule has 1 N–H and O–H groups in total. The van der Waals surface area contributed by atoms with E-state index in [1.807, 2.05) is 0 Å². The molecule has 1 aromatic carbocycles. The lowest BCUT2D eigenvalue weighted by Crippen LogP contribution is -1.97. The fraction of sp³-hybridized carbons (Fsp3) is 0.222. The molecule has 4 heteroatoms. The fourth-order valence-corrected chi connectivity index (χ4v) is 1.30. The average Bonchev–Trinajstić information content (AvgIpc) is 2.17. The van der Waals surface area contributed by atoms with Crippen molar-refractivity contribution >= 4 is 21.9 Å². The summed E-state index contributed by atoms with van der Waals surface area (Å²) in [6, 6.07) is 5.75. The maximum Gasteiger partial charge on any atom is 0.335 e. The van der Waals surface area contributed by atoms with Gasteiger partial charge in [0.15, 0.2) is 0 Å². The maximum absolute atomic E-state index is 13.0. The third-order valence-electron chi connectivity index (χ3n) is 1.65. The Morgan fingerprint density at radius 2 is 2.00 bits per heavy atom. The zero-order valence-corrected chi connectivity index (χ0v) is 8.29. The topological polar surface area (TPSA) is 37.3 Å². The molecule has 1 unspecified atom stereocenters. The summed E-state index contributed by atoms with van der Waals surface area (Å²) in [6.45, 7) is 0. The van der Waals surface area contributed by atoms with Gasteiger partial charge in [0.25, 0.3) is 0 Å². The molecule has 1 atom stereocenters. The van der Waals surface area contributed by atoms with Crippen LogP contribution in [-0.2, 0) is 0 Å². The number of carboxylic acid groups (broad SMARTS) is 1. The Kier molecular flexibility index (Phi) is 3.42. The molecule has 0 saturated heterocycles. The van der Waals surface area contributed by atoms with E-state index in [1.54, 1.807) is 0 Å². The van der Waals surface area contributed by atoms with Crippen LogP contribution in [0.2, 0.25) is 0 Å². The van der Waals surface area contributed by atoms with Crippen LogP contribution >= 0.6 is 15.9 Å². The molecular formula is C9H8BrFO2. The molecule has 70 valence electrons. The Bertz CT molecular complexity index is 297. The molecule has 0 aromatic heterocycles. The summed E-state index contributed by atoms with van der Waals surface area (Å²) in [7, 11) is 0. The lowest BCUT2D eigenvalue weighted by molar-refractivity contribution is 0.0697. The molecule has 0 aliphatic rings. The Labute approximate surface area is 83.5 Å². The first kappa shape index (κ1) is 10.2. The second-order valence-corrected chi connectivity index (χ2v) is 3.20. The van der Waals surface area contributed by atoms with Crippen LogP contribution in [0.25, 0.3) is 0 Å². The van der Waals surface area contributed by atoms with Crippen LogP contribution in [0.1, 0.15) is 22.1 Å². The van der Waals surface area contributed by atoms with Gasteiger partial charge in [-0.3, -0.25) is 0 Å². The van der Waals surface area contributed by atoms with Gasteiger partial charge < -0.3 is 5.11 Å². The van der Waals surface area contributed by atoms with Gasteiger partial charge in [-0.2, -0.15) is 0 Å². The van der Waals surface area contributed by atoms with E-state index in [-0.39, 0.29) is 10.9 Å². The number of alkyl halides is 2. The number of carbonyl (C=O) groups is 1. The second-order valence-electron chi connectivity index (χ2n) is 2.55. The summed E-state index contributed by atoms with van der Waals surface area (Å²) in [4.78, 5) is 10.4. The predicted molar refractivity (Wildman–Crippen MR) is 51.0 cm³/mol. The molecule has 0 fully saturated rings. The number of carboxylic acids is 1. The summed E-state index contributed by atoms with van der Waals surface area (Å²) in [6.07, 6.45) is -1.08. The number of rotatable bonds is 3. The van der Waals surface area contributed by atoms with Crippen LogP contribution in [0, 0.1) is 0 Å². The lowest BCUT2D eigenvalue weighted by Gasteiger charge is -2.03. The normalized spacial score (nSPS) is 12.5. The van der Waals surface area contributed by atoms with Gasteiger partial charge >= 0.3 is 5.97 Å². The molecular weight excluding hydrogens is 239 g/mol. The first-order valence-electron chi connectivity index (χ1n) is 3.68. The number of halogens is 2. The van der Waals surface area contributed by atoms with Gasteiger partial charge in [0.1, 0.15) is 6.17 Å². The third-order valence-corrected chi connectivity index (χ3v) is 2.22. The highest BCUT2D eigenvalue weighted by Gasteiger charge is 2.08. The third kappa shape index (κ3) is 2.52. The second kappa shape index (κ2) is 4.37. The Hall–Kier alpha value is -0.900. The van der Waals surface area contributed by atoms with Gasteiger partial charge in [-0.05, 0) is 17.7 Å². The molecule has 13 heavy (non-hydrogen) atoms. The van der Waals surface area contributed by atoms with Crippen LogP contribution in [-0.4, -0.2) is 16.4 Å². The highest BCUT2D eigenvalue weighted by Crippen LogP contribution is 2.19. The van der Waals surface area contributed by atoms with Crippen molar-refractivity contribution in [3.63, 3.8) is 0 Å². The van der Waals surface area contributed by atoms with Crippen molar-refractivity contribution in [3.05, 3.63) is 35.4 Å². The van der Waals surface area contributed by atoms with Crippen LogP contribution in [0.5, 0.6) is 0 Å². The van der Waals surface area contributed by atoms with Gasteiger partial charge in [0.05, 0.1) is 5.56 Å². The molecule has 2 nitrogen and oxygen atoms in total. The summed E-state index contributed by atoms with van der Waals surface area (Å²) < 4.78 is 13.0. The molecule has 0 aliphatic heterocycles. The molecule has 1 rings (SSSR count). The largest absolute Gasteiger partial charge is 0.478 e. The van der Waals surface area contributed by atoms with Gasteiger partial charge in [-0.25, -0.2) is 9.18 Å². The molecule has 0 bridgehead atoms. The van der Waals surface area contributed by atoms with E-state index in [0.29, 0.717) is 5.56 Å². The number of aromatic carboxylic acids is 1. The molecule has 1 aromatic rings. The van der Waals surface area contributed by atoms with Crippen LogP contribution in [0.4, 0.5) is 4.39 Å². The van der Waals surface area contributed by atoms with Crippen molar-refractivity contribution in [2.24, 2.45) is 0 Å². The first-order chi connectivity index (χ1) is 6.15. The zero-order valence-electron chi connectivity index (χ0n) is 6.71. The Balaban J connectivity index is 2.87. The lowest BCUT2D eigenvalue weighted by atomic mass is 10.1. The molecule has 0 heterocycles. The van der Waals surface area contributed by atoms with Crippen LogP contribution in [0.3, 0.4) is 0 Å². The minimum Gasteiger partial charge on any atom is -0.478 e. The van der Waals surface area contributed by atoms with E-state index in [2.05, 4.69) is 15.9 Å². The van der Waals surface area contributed by atoms with Crippen molar-refractivity contribution in [1.82, 2.24) is 0 Å². The Morgan fingerprint density at radius 3 is 2.38 bits per heavy atom. The van der Waals surface area contributed by atoms with E-state index in [0.717, 1.165) is 0 Å². The summed E-state index contributed by atoms with van der Waals surface area (Å²) >= 11 is 3.01. The van der Waals surface area contributed by atoms with E-state index in [1.165, 1.54) is 24.3 Å². The first-order valence-corrected chi connectivity index (χ1v) is 4.80. The van der Waals surface area contributed by atoms with Gasteiger partial charge in [0.2, 0.25) is 0 Å². The van der Waals surface area contributed by atoms with E-state index >= 15 is 0 Å². The van der Waals surface area contributed by atoms with Crippen LogP contribution in [0.15, 0.2) is 24.3 Å². The minimum atomic E-state index is -1.08. The monoisotopic (exact) mass is 246 g/mol. The van der Waals surface area contributed by atoms with Crippen LogP contribution < -0.4 is 0 Å². The highest BCUT2D eigenvalue weighted by atomic mass is 79.9. The quantitative estimate of drug-likeness (QED) is 0.834. The standard InChI is InChI=1S/C9H8BrFO2/c10-5-8(11)6-1-3-7(4-2-6)9(12)13/h1-4,8H,5H2,(H,12,13). The summed E-state index contributed by atoms with van der Waals surface area (Å²) in [5.41, 5.74) is 0.660. The van der Waals surface area contributed by atoms with Crippen molar-refractivity contribution < 1.29 is 14.3 Å². The zero-order chi connectivity index (χ0) is 9.84.